The number of thiazole rings is 1. The predicted molar refractivity (Wildman–Crippen MR) is 64.7 cm³/mol. The van der Waals surface area contributed by atoms with E-state index in [0.717, 1.165) is 29.7 Å². The predicted octanol–water partition coefficient (Wildman–Crippen LogP) is 2.45. The van der Waals surface area contributed by atoms with Gasteiger partial charge in [0, 0.05) is 23.3 Å². The highest BCUT2D eigenvalue weighted by atomic mass is 79.9. The van der Waals surface area contributed by atoms with Gasteiger partial charge in [0.25, 0.3) is 5.91 Å². The summed E-state index contributed by atoms with van der Waals surface area (Å²) in [6.07, 6.45) is 2.20. The van der Waals surface area contributed by atoms with Gasteiger partial charge < -0.3 is 4.90 Å². The molecular formula is C10H13BrN2OS. The molecular weight excluding hydrogens is 276 g/mol. The summed E-state index contributed by atoms with van der Waals surface area (Å²) in [4.78, 5) is 18.2. The van der Waals surface area contributed by atoms with Crippen LogP contribution in [-0.4, -0.2) is 33.7 Å². The van der Waals surface area contributed by atoms with Crippen molar-refractivity contribution < 1.29 is 4.79 Å². The normalized spacial score (nSPS) is 20.9. The second-order valence-electron chi connectivity index (χ2n) is 3.70. The lowest BCUT2D eigenvalue weighted by Crippen LogP contribution is -2.36. The number of hydrogen-bond donors (Lipinski definition) is 0. The fourth-order valence-electron chi connectivity index (χ4n) is 1.87. The molecule has 0 spiro atoms. The molecule has 15 heavy (non-hydrogen) atoms. The van der Waals surface area contributed by atoms with Crippen LogP contribution in [-0.2, 0) is 0 Å². The molecule has 2 heterocycles. The van der Waals surface area contributed by atoms with E-state index in [2.05, 4.69) is 20.9 Å². The quantitative estimate of drug-likeness (QED) is 0.784. The van der Waals surface area contributed by atoms with Crippen LogP contribution < -0.4 is 0 Å². The van der Waals surface area contributed by atoms with E-state index in [0.29, 0.717) is 11.7 Å². The van der Waals surface area contributed by atoms with Crippen molar-refractivity contribution in [3.8, 4) is 0 Å². The lowest BCUT2D eigenvalue weighted by Gasteiger charge is -2.21. The van der Waals surface area contributed by atoms with Gasteiger partial charge in [-0.15, -0.1) is 11.3 Å². The van der Waals surface area contributed by atoms with Gasteiger partial charge >= 0.3 is 0 Å². The summed E-state index contributed by atoms with van der Waals surface area (Å²) < 4.78 is 0. The van der Waals surface area contributed by atoms with Crippen molar-refractivity contribution in [2.75, 3.05) is 11.9 Å². The van der Waals surface area contributed by atoms with Gasteiger partial charge in [0.1, 0.15) is 5.69 Å². The second-order valence-corrected chi connectivity index (χ2v) is 5.41. The Balaban J connectivity index is 2.13. The standard InChI is InChI=1S/C10H13BrN2OS/c1-7-12-9(6-15-7)10(14)13-4-2-3-8(13)5-11/h6,8H,2-5H2,1H3. The summed E-state index contributed by atoms with van der Waals surface area (Å²) >= 11 is 4.98. The summed E-state index contributed by atoms with van der Waals surface area (Å²) in [5.74, 6) is 0.0845. The molecule has 1 aromatic rings. The molecule has 0 N–H and O–H groups in total. The highest BCUT2D eigenvalue weighted by Gasteiger charge is 2.29. The monoisotopic (exact) mass is 288 g/mol. The smallest absolute Gasteiger partial charge is 0.273 e. The van der Waals surface area contributed by atoms with Crippen LogP contribution in [0.1, 0.15) is 28.3 Å². The lowest BCUT2D eigenvalue weighted by atomic mass is 10.2. The summed E-state index contributed by atoms with van der Waals surface area (Å²) in [6.45, 7) is 2.79. The summed E-state index contributed by atoms with van der Waals surface area (Å²) in [5, 5.41) is 3.66. The Labute approximate surface area is 102 Å². The molecule has 0 radical (unpaired) electrons. The fraction of sp³-hybridized carbons (Fsp3) is 0.600. The van der Waals surface area contributed by atoms with Crippen LogP contribution in [0.2, 0.25) is 0 Å². The van der Waals surface area contributed by atoms with Gasteiger partial charge in [0.15, 0.2) is 0 Å². The largest absolute Gasteiger partial charge is 0.333 e. The molecule has 0 aromatic carbocycles. The average Bonchev–Trinajstić information content (AvgIpc) is 2.84. The van der Waals surface area contributed by atoms with Crippen molar-refractivity contribution in [2.24, 2.45) is 0 Å². The molecule has 1 aromatic heterocycles. The van der Waals surface area contributed by atoms with Gasteiger partial charge in [-0.05, 0) is 19.8 Å². The number of alkyl halides is 1. The van der Waals surface area contributed by atoms with Gasteiger partial charge in [-0.25, -0.2) is 4.98 Å². The van der Waals surface area contributed by atoms with E-state index in [1.165, 1.54) is 11.3 Å². The minimum absolute atomic E-state index is 0.0845. The SMILES string of the molecule is Cc1nc(C(=O)N2CCCC2CBr)cs1. The van der Waals surface area contributed by atoms with E-state index >= 15 is 0 Å². The molecule has 82 valence electrons. The first-order valence-corrected chi connectivity index (χ1v) is 7.01. The molecule has 1 fully saturated rings. The van der Waals surface area contributed by atoms with Gasteiger partial charge in [0.05, 0.1) is 5.01 Å². The number of likely N-dealkylation sites (tertiary alicyclic amines) is 1. The third kappa shape index (κ3) is 2.23. The number of carbonyl (C=O) groups excluding carboxylic acids is 1. The maximum absolute atomic E-state index is 12.1. The molecule has 0 aliphatic carbocycles. The van der Waals surface area contributed by atoms with Crippen LogP contribution in [0.15, 0.2) is 5.38 Å². The second kappa shape index (κ2) is 4.61. The Morgan fingerprint density at radius 3 is 3.20 bits per heavy atom. The van der Waals surface area contributed by atoms with Gasteiger partial charge in [-0.1, -0.05) is 15.9 Å². The van der Waals surface area contributed by atoms with Gasteiger partial charge in [0.2, 0.25) is 0 Å². The van der Waals surface area contributed by atoms with Crippen LogP contribution in [0, 0.1) is 6.92 Å². The minimum Gasteiger partial charge on any atom is -0.333 e. The number of halogens is 1. The van der Waals surface area contributed by atoms with Crippen molar-refractivity contribution in [3.05, 3.63) is 16.1 Å². The molecule has 1 amide bonds. The number of hydrogen-bond acceptors (Lipinski definition) is 3. The highest BCUT2D eigenvalue weighted by molar-refractivity contribution is 9.09. The molecule has 0 bridgehead atoms. The van der Waals surface area contributed by atoms with Crippen LogP contribution in [0.3, 0.4) is 0 Å². The number of rotatable bonds is 2. The maximum atomic E-state index is 12.1. The van der Waals surface area contributed by atoms with Crippen LogP contribution in [0.25, 0.3) is 0 Å². The topological polar surface area (TPSA) is 33.2 Å². The van der Waals surface area contributed by atoms with Gasteiger partial charge in [-0.3, -0.25) is 4.79 Å². The first-order chi connectivity index (χ1) is 7.22. The summed E-state index contributed by atoms with van der Waals surface area (Å²) in [6, 6.07) is 0.347. The van der Waals surface area contributed by atoms with Crippen LogP contribution >= 0.6 is 27.3 Å². The van der Waals surface area contributed by atoms with E-state index in [9.17, 15) is 4.79 Å². The zero-order chi connectivity index (χ0) is 10.8. The Hall–Kier alpha value is -0.420. The first-order valence-electron chi connectivity index (χ1n) is 5.01. The third-order valence-electron chi connectivity index (χ3n) is 2.65. The number of aromatic nitrogens is 1. The van der Waals surface area contributed by atoms with Crippen LogP contribution in [0.4, 0.5) is 0 Å². The van der Waals surface area contributed by atoms with E-state index in [1.54, 1.807) is 0 Å². The Morgan fingerprint density at radius 2 is 2.60 bits per heavy atom. The van der Waals surface area contributed by atoms with E-state index in [-0.39, 0.29) is 5.91 Å². The molecule has 1 saturated heterocycles. The number of amides is 1. The van der Waals surface area contributed by atoms with E-state index < -0.39 is 0 Å². The van der Waals surface area contributed by atoms with Crippen molar-refractivity contribution in [2.45, 2.75) is 25.8 Å². The maximum Gasteiger partial charge on any atom is 0.273 e. The van der Waals surface area contributed by atoms with Gasteiger partial charge in [-0.2, -0.15) is 0 Å². The average molecular weight is 289 g/mol. The number of carbonyl (C=O) groups is 1. The first kappa shape index (κ1) is 11.1. The molecule has 1 aliphatic rings. The Kier molecular flexibility index (Phi) is 3.41. The fourth-order valence-corrected chi connectivity index (χ4v) is 3.13. The van der Waals surface area contributed by atoms with Crippen molar-refractivity contribution in [1.29, 1.82) is 0 Å². The molecule has 1 aliphatic heterocycles. The lowest BCUT2D eigenvalue weighted by molar-refractivity contribution is 0.0745. The van der Waals surface area contributed by atoms with Crippen molar-refractivity contribution in [3.63, 3.8) is 0 Å². The molecule has 0 saturated carbocycles. The van der Waals surface area contributed by atoms with Crippen molar-refractivity contribution in [1.82, 2.24) is 9.88 Å². The van der Waals surface area contributed by atoms with E-state index in [1.807, 2.05) is 17.2 Å². The molecule has 5 heteroatoms. The molecule has 2 rings (SSSR count). The number of nitrogens with zero attached hydrogens (tertiary/aromatic N) is 2. The molecule has 1 atom stereocenters. The third-order valence-corrected chi connectivity index (χ3v) is 4.18. The summed E-state index contributed by atoms with van der Waals surface area (Å²) in [7, 11) is 0. The minimum atomic E-state index is 0.0845. The Morgan fingerprint density at radius 1 is 1.80 bits per heavy atom. The van der Waals surface area contributed by atoms with Crippen LogP contribution in [0.5, 0.6) is 0 Å². The zero-order valence-electron chi connectivity index (χ0n) is 8.57. The summed E-state index contributed by atoms with van der Waals surface area (Å²) in [5.41, 5.74) is 0.602. The molecule has 1 unspecified atom stereocenters. The number of aryl methyl sites for hydroxylation is 1. The zero-order valence-corrected chi connectivity index (χ0v) is 11.0. The Bertz CT molecular complexity index is 366. The van der Waals surface area contributed by atoms with Crippen molar-refractivity contribution >= 4 is 33.2 Å². The highest BCUT2D eigenvalue weighted by Crippen LogP contribution is 2.22. The molecule has 3 nitrogen and oxygen atoms in total. The van der Waals surface area contributed by atoms with E-state index in [4.69, 9.17) is 0 Å².